The van der Waals surface area contributed by atoms with E-state index in [1.807, 2.05) is 24.3 Å². The molecule has 3 heterocycles. The van der Waals surface area contributed by atoms with E-state index in [-0.39, 0.29) is 27.2 Å². The average molecular weight is 518 g/mol. The molecule has 2 aromatic heterocycles. The van der Waals surface area contributed by atoms with Gasteiger partial charge in [0.1, 0.15) is 11.5 Å². The number of fused-ring (bicyclic) bond motifs is 1. The Kier molecular flexibility index (Phi) is 6.21. The van der Waals surface area contributed by atoms with Gasteiger partial charge in [-0.25, -0.2) is 14.8 Å². The fourth-order valence-corrected chi connectivity index (χ4v) is 5.85. The second-order valence-corrected chi connectivity index (χ2v) is 9.87. The van der Waals surface area contributed by atoms with E-state index in [0.29, 0.717) is 16.8 Å². The van der Waals surface area contributed by atoms with Gasteiger partial charge in [-0.2, -0.15) is 0 Å². The minimum atomic E-state index is -0.958. The number of carbonyl (C=O) groups excluding carboxylic acids is 3. The highest BCUT2D eigenvalue weighted by molar-refractivity contribution is 7.20. The van der Waals surface area contributed by atoms with Crippen molar-refractivity contribution >= 4 is 55.7 Å². The van der Waals surface area contributed by atoms with Gasteiger partial charge in [-0.1, -0.05) is 66.5 Å². The highest BCUT2D eigenvalue weighted by atomic mass is 32.1. The van der Waals surface area contributed by atoms with Crippen LogP contribution in [0.5, 0.6) is 0 Å². The van der Waals surface area contributed by atoms with Crippen molar-refractivity contribution in [3.63, 3.8) is 0 Å². The van der Waals surface area contributed by atoms with Gasteiger partial charge in [0.05, 0.1) is 27.5 Å². The zero-order valence-corrected chi connectivity index (χ0v) is 20.6. The maximum Gasteiger partial charge on any atom is 0.350 e. The maximum absolute atomic E-state index is 13.7. The van der Waals surface area contributed by atoms with Crippen molar-refractivity contribution in [2.45, 2.75) is 13.0 Å². The van der Waals surface area contributed by atoms with Crippen LogP contribution in [-0.4, -0.2) is 39.3 Å². The highest BCUT2D eigenvalue weighted by Gasteiger charge is 2.46. The van der Waals surface area contributed by atoms with E-state index in [2.05, 4.69) is 16.5 Å². The van der Waals surface area contributed by atoms with Crippen LogP contribution in [-0.2, 0) is 9.53 Å². The summed E-state index contributed by atoms with van der Waals surface area (Å²) in [6, 6.07) is 15.2. The Morgan fingerprint density at radius 3 is 2.56 bits per heavy atom. The fourth-order valence-electron chi connectivity index (χ4n) is 3.94. The van der Waals surface area contributed by atoms with Gasteiger partial charge in [0.25, 0.3) is 5.91 Å². The Morgan fingerprint density at radius 1 is 1.11 bits per heavy atom. The summed E-state index contributed by atoms with van der Waals surface area (Å²) in [5, 5.41) is 11.3. The third-order valence-corrected chi connectivity index (χ3v) is 7.74. The number of carbonyl (C=O) groups is 3. The Morgan fingerprint density at radius 2 is 1.83 bits per heavy atom. The van der Waals surface area contributed by atoms with Crippen LogP contribution >= 0.6 is 22.7 Å². The molecule has 1 aliphatic rings. The molecule has 1 N–H and O–H groups in total. The first-order valence-electron chi connectivity index (χ1n) is 10.9. The molecule has 0 fully saturated rings. The van der Waals surface area contributed by atoms with Crippen molar-refractivity contribution in [2.24, 2.45) is 0 Å². The minimum absolute atomic E-state index is 0.0317. The van der Waals surface area contributed by atoms with Crippen LogP contribution in [0.4, 0.5) is 5.13 Å². The van der Waals surface area contributed by atoms with E-state index >= 15 is 0 Å². The van der Waals surface area contributed by atoms with Gasteiger partial charge in [-0.05, 0) is 24.6 Å². The second-order valence-electron chi connectivity index (χ2n) is 7.86. The van der Waals surface area contributed by atoms with Crippen LogP contribution in [0.3, 0.4) is 0 Å². The van der Waals surface area contributed by atoms with Crippen molar-refractivity contribution in [3.8, 4) is 0 Å². The Bertz CT molecular complexity index is 1520. The average Bonchev–Trinajstić information content (AvgIpc) is 3.57. The molecule has 0 aliphatic carbocycles. The summed E-state index contributed by atoms with van der Waals surface area (Å²) in [4.78, 5) is 49.8. The first-order valence-corrected chi connectivity index (χ1v) is 12.5. The molecule has 0 bridgehead atoms. The second kappa shape index (κ2) is 9.48. The topological polar surface area (TPSA) is 110 Å². The number of ketones is 1. The van der Waals surface area contributed by atoms with E-state index < -0.39 is 29.5 Å². The summed E-state index contributed by atoms with van der Waals surface area (Å²) in [6.07, 6.45) is 1.45. The van der Waals surface area contributed by atoms with E-state index in [1.165, 1.54) is 22.3 Å². The maximum atomic E-state index is 13.7. The third kappa shape index (κ3) is 4.00. The Balaban J connectivity index is 1.60. The predicted octanol–water partition coefficient (Wildman–Crippen LogP) is 5.19. The largest absolute Gasteiger partial charge is 0.503 e. The lowest BCUT2D eigenvalue weighted by Crippen LogP contribution is -2.31. The van der Waals surface area contributed by atoms with Gasteiger partial charge >= 0.3 is 5.97 Å². The number of rotatable bonds is 7. The molecule has 180 valence electrons. The number of hydrogen-bond acceptors (Lipinski definition) is 9. The smallest absolute Gasteiger partial charge is 0.350 e. The number of anilines is 1. The standard InChI is InChI=1S/C26H19N3O5S2/c1-3-13-34-25(33)22-14(2)27-26(36-22)29-19(15-9-5-4-6-10-15)18(21(31)24(29)32)20(30)23-28-16-11-7-8-12-17(16)35-23/h3-12,19,31H,1,13H2,2H3/t19-/m0/s1. The molecule has 8 nitrogen and oxygen atoms in total. The number of benzene rings is 2. The highest BCUT2D eigenvalue weighted by Crippen LogP contribution is 2.44. The summed E-state index contributed by atoms with van der Waals surface area (Å²) in [5.41, 5.74) is 1.53. The normalized spacial score (nSPS) is 15.5. The number of amides is 1. The summed E-state index contributed by atoms with van der Waals surface area (Å²) in [6.45, 7) is 5.19. The number of ether oxygens (including phenoxy) is 1. The predicted molar refractivity (Wildman–Crippen MR) is 138 cm³/mol. The number of Topliss-reactive ketones (excluding diaryl/α,β-unsaturated/α-hetero) is 1. The minimum Gasteiger partial charge on any atom is -0.503 e. The van der Waals surface area contributed by atoms with Crippen molar-refractivity contribution in [1.29, 1.82) is 0 Å². The molecule has 1 atom stereocenters. The number of para-hydroxylation sites is 1. The summed E-state index contributed by atoms with van der Waals surface area (Å²) in [7, 11) is 0. The number of thiazole rings is 2. The summed E-state index contributed by atoms with van der Waals surface area (Å²) in [5.74, 6) is -2.59. The first-order chi connectivity index (χ1) is 17.4. The number of esters is 1. The zero-order chi connectivity index (χ0) is 25.4. The molecule has 10 heteroatoms. The summed E-state index contributed by atoms with van der Waals surface area (Å²) < 4.78 is 5.94. The molecular formula is C26H19N3O5S2. The van der Waals surface area contributed by atoms with Crippen LogP contribution in [0, 0.1) is 6.92 Å². The SMILES string of the molecule is C=CCOC(=O)c1sc(N2C(=O)C(O)=C(C(=O)c3nc4ccccc4s3)[C@@H]2c2ccccc2)nc1C. The Labute approximate surface area is 213 Å². The lowest BCUT2D eigenvalue weighted by atomic mass is 9.96. The van der Waals surface area contributed by atoms with Gasteiger partial charge < -0.3 is 9.84 Å². The molecule has 0 saturated heterocycles. The van der Waals surface area contributed by atoms with Crippen molar-refractivity contribution in [2.75, 3.05) is 11.5 Å². The van der Waals surface area contributed by atoms with Crippen LogP contribution in [0.1, 0.15) is 36.8 Å². The molecule has 1 amide bonds. The number of aromatic nitrogens is 2. The zero-order valence-electron chi connectivity index (χ0n) is 19.0. The van der Waals surface area contributed by atoms with Crippen molar-refractivity contribution < 1.29 is 24.2 Å². The molecular weight excluding hydrogens is 498 g/mol. The van der Waals surface area contributed by atoms with E-state index in [1.54, 1.807) is 37.3 Å². The van der Waals surface area contributed by atoms with E-state index in [9.17, 15) is 19.5 Å². The molecule has 2 aromatic carbocycles. The lowest BCUT2D eigenvalue weighted by molar-refractivity contribution is -0.117. The Hall–Kier alpha value is -4.15. The molecule has 4 aromatic rings. The number of aliphatic hydroxyl groups is 1. The third-order valence-electron chi connectivity index (χ3n) is 5.57. The van der Waals surface area contributed by atoms with Crippen LogP contribution < -0.4 is 4.90 Å². The molecule has 0 spiro atoms. The van der Waals surface area contributed by atoms with Crippen LogP contribution in [0.15, 0.2) is 78.6 Å². The number of nitrogens with zero attached hydrogens (tertiary/aromatic N) is 3. The lowest BCUT2D eigenvalue weighted by Gasteiger charge is -2.24. The molecule has 0 unspecified atom stereocenters. The van der Waals surface area contributed by atoms with Crippen LogP contribution in [0.25, 0.3) is 10.2 Å². The van der Waals surface area contributed by atoms with E-state index in [4.69, 9.17) is 4.74 Å². The molecule has 5 rings (SSSR count). The molecule has 0 radical (unpaired) electrons. The van der Waals surface area contributed by atoms with Gasteiger partial charge in [-0.3, -0.25) is 14.5 Å². The molecule has 1 aliphatic heterocycles. The van der Waals surface area contributed by atoms with Crippen molar-refractivity contribution in [1.82, 2.24) is 9.97 Å². The molecule has 0 saturated carbocycles. The monoisotopic (exact) mass is 517 g/mol. The number of hydrogen-bond donors (Lipinski definition) is 1. The summed E-state index contributed by atoms with van der Waals surface area (Å²) >= 11 is 2.15. The first kappa shape index (κ1) is 23.6. The van der Waals surface area contributed by atoms with Gasteiger partial charge in [0.2, 0.25) is 5.78 Å². The quantitative estimate of drug-likeness (QED) is 0.204. The van der Waals surface area contributed by atoms with Gasteiger partial charge in [0, 0.05) is 0 Å². The van der Waals surface area contributed by atoms with Gasteiger partial charge in [-0.15, -0.1) is 11.3 Å². The van der Waals surface area contributed by atoms with Crippen LogP contribution in [0.2, 0.25) is 0 Å². The molecule has 36 heavy (non-hydrogen) atoms. The van der Waals surface area contributed by atoms with Crippen molar-refractivity contribution in [3.05, 3.63) is 99.7 Å². The van der Waals surface area contributed by atoms with E-state index in [0.717, 1.165) is 16.0 Å². The number of aliphatic hydroxyl groups excluding tert-OH is 1. The number of aryl methyl sites for hydroxylation is 1. The fraction of sp³-hybridized carbons (Fsp3) is 0.115. The van der Waals surface area contributed by atoms with Gasteiger partial charge in [0.15, 0.2) is 15.9 Å².